The Labute approximate surface area is 81.5 Å². The fraction of sp³-hybridized carbons (Fsp3) is 1.00. The molecule has 1 aliphatic rings. The molecule has 1 aliphatic heterocycles. The highest BCUT2D eigenvalue weighted by atomic mass is 35.5. The first-order valence-corrected chi connectivity index (χ1v) is 8.62. The van der Waals surface area contributed by atoms with E-state index in [2.05, 4.69) is 33.5 Å². The normalized spacial score (nSPS) is 35.8. The molecular formula is C9H19ClOSi. The Morgan fingerprint density at radius 2 is 1.92 bits per heavy atom. The van der Waals surface area contributed by atoms with Gasteiger partial charge in [-0.2, -0.15) is 0 Å². The predicted molar refractivity (Wildman–Crippen MR) is 56.5 cm³/mol. The molecule has 0 aliphatic carbocycles. The summed E-state index contributed by atoms with van der Waals surface area (Å²) in [6, 6.07) is 0. The van der Waals surface area contributed by atoms with Gasteiger partial charge in [0, 0.05) is 0 Å². The Kier molecular flexibility index (Phi) is 2.64. The van der Waals surface area contributed by atoms with Gasteiger partial charge in [0.15, 0.2) is 0 Å². The highest BCUT2D eigenvalue weighted by Crippen LogP contribution is 2.48. The van der Waals surface area contributed by atoms with Crippen molar-refractivity contribution >= 4 is 19.7 Å². The zero-order valence-corrected chi connectivity index (χ0v) is 10.4. The Hall–Kier alpha value is 0.467. The SMILES string of the molecule is CC(C)C1OC1(CCl)[Si](C)(C)C. The molecule has 0 N–H and O–H groups in total. The van der Waals surface area contributed by atoms with Gasteiger partial charge in [-0.25, -0.2) is 0 Å². The van der Waals surface area contributed by atoms with Crippen LogP contribution in [-0.4, -0.2) is 25.3 Å². The lowest BCUT2D eigenvalue weighted by Gasteiger charge is -2.24. The predicted octanol–water partition coefficient (Wildman–Crippen LogP) is 2.90. The van der Waals surface area contributed by atoms with Crippen LogP contribution in [0.5, 0.6) is 0 Å². The molecule has 0 aromatic carbocycles. The van der Waals surface area contributed by atoms with Gasteiger partial charge in [0.1, 0.15) is 0 Å². The molecule has 1 rings (SSSR count). The minimum atomic E-state index is -1.25. The maximum absolute atomic E-state index is 5.99. The van der Waals surface area contributed by atoms with Crippen molar-refractivity contribution in [3.8, 4) is 0 Å². The number of hydrogen-bond acceptors (Lipinski definition) is 1. The first kappa shape index (κ1) is 10.5. The topological polar surface area (TPSA) is 12.5 Å². The number of alkyl halides is 1. The average Bonchev–Trinajstić information content (AvgIpc) is 2.59. The van der Waals surface area contributed by atoms with Gasteiger partial charge in [0.25, 0.3) is 0 Å². The molecule has 3 heteroatoms. The van der Waals surface area contributed by atoms with Crippen LogP contribution in [-0.2, 0) is 4.74 Å². The minimum Gasteiger partial charge on any atom is -0.368 e. The van der Waals surface area contributed by atoms with E-state index in [1.807, 2.05) is 0 Å². The zero-order chi connectivity index (χ0) is 9.57. The maximum atomic E-state index is 5.99. The van der Waals surface area contributed by atoms with Crippen LogP contribution in [0.4, 0.5) is 0 Å². The van der Waals surface area contributed by atoms with Crippen molar-refractivity contribution in [3.05, 3.63) is 0 Å². The Balaban J connectivity index is 2.72. The average molecular weight is 207 g/mol. The van der Waals surface area contributed by atoms with E-state index in [0.29, 0.717) is 17.9 Å². The molecule has 0 spiro atoms. The van der Waals surface area contributed by atoms with Gasteiger partial charge in [-0.3, -0.25) is 0 Å². The summed E-state index contributed by atoms with van der Waals surface area (Å²) in [6.07, 6.45) is 0.418. The van der Waals surface area contributed by atoms with Crippen LogP contribution in [0.3, 0.4) is 0 Å². The van der Waals surface area contributed by atoms with E-state index in [4.69, 9.17) is 16.3 Å². The summed E-state index contributed by atoms with van der Waals surface area (Å²) < 4.78 is 5.81. The second-order valence-corrected chi connectivity index (χ2v) is 10.7. The van der Waals surface area contributed by atoms with E-state index in [1.54, 1.807) is 0 Å². The molecule has 1 heterocycles. The third-order valence-corrected chi connectivity index (χ3v) is 6.55. The van der Waals surface area contributed by atoms with Crippen molar-refractivity contribution in [1.29, 1.82) is 0 Å². The van der Waals surface area contributed by atoms with Crippen molar-refractivity contribution in [1.82, 2.24) is 0 Å². The van der Waals surface area contributed by atoms with Gasteiger partial charge in [0.2, 0.25) is 0 Å². The second kappa shape index (κ2) is 3.00. The molecular weight excluding hydrogens is 188 g/mol. The fourth-order valence-electron chi connectivity index (χ4n) is 1.78. The molecule has 0 aromatic rings. The van der Waals surface area contributed by atoms with Gasteiger partial charge >= 0.3 is 0 Å². The van der Waals surface area contributed by atoms with Gasteiger partial charge in [-0.05, 0) is 5.92 Å². The summed E-state index contributed by atoms with van der Waals surface area (Å²) in [7, 11) is -1.25. The van der Waals surface area contributed by atoms with Crippen LogP contribution in [0.1, 0.15) is 13.8 Å². The molecule has 12 heavy (non-hydrogen) atoms. The molecule has 0 bridgehead atoms. The van der Waals surface area contributed by atoms with Crippen LogP contribution in [0.15, 0.2) is 0 Å². The van der Waals surface area contributed by atoms with Gasteiger partial charge < -0.3 is 4.74 Å². The molecule has 0 amide bonds. The fourth-order valence-corrected chi connectivity index (χ4v) is 5.26. The number of ether oxygens (including phenoxy) is 1. The van der Waals surface area contributed by atoms with Crippen LogP contribution in [0.25, 0.3) is 0 Å². The molecule has 2 atom stereocenters. The largest absolute Gasteiger partial charge is 0.368 e. The van der Waals surface area contributed by atoms with Gasteiger partial charge in [-0.15, -0.1) is 11.6 Å². The summed E-state index contributed by atoms with van der Waals surface area (Å²) >= 11 is 5.99. The van der Waals surface area contributed by atoms with Crippen LogP contribution in [0, 0.1) is 5.92 Å². The van der Waals surface area contributed by atoms with E-state index in [0.717, 1.165) is 0 Å². The summed E-state index contributed by atoms with van der Waals surface area (Å²) in [6.45, 7) is 11.4. The van der Waals surface area contributed by atoms with Crippen LogP contribution in [0.2, 0.25) is 19.6 Å². The third kappa shape index (κ3) is 1.45. The molecule has 72 valence electrons. The van der Waals surface area contributed by atoms with Crippen LogP contribution >= 0.6 is 11.6 Å². The standard InChI is InChI=1S/C9H19ClOSi/c1-7(2)8-9(6-10,11-8)12(3,4)5/h7-8H,6H2,1-5H3. The quantitative estimate of drug-likeness (QED) is 0.393. The van der Waals surface area contributed by atoms with Crippen LogP contribution < -0.4 is 0 Å². The summed E-state index contributed by atoms with van der Waals surface area (Å²) in [5.41, 5.74) is 0. The number of hydrogen-bond donors (Lipinski definition) is 0. The molecule has 0 aromatic heterocycles. The highest BCUT2D eigenvalue weighted by Gasteiger charge is 2.64. The van der Waals surface area contributed by atoms with Crippen molar-refractivity contribution in [2.75, 3.05) is 5.88 Å². The summed E-state index contributed by atoms with van der Waals surface area (Å²) in [5, 5.41) is 0.0721. The van der Waals surface area contributed by atoms with E-state index in [-0.39, 0.29) is 5.22 Å². The molecule has 1 saturated heterocycles. The Bertz CT molecular complexity index is 176. The molecule has 0 saturated carbocycles. The van der Waals surface area contributed by atoms with E-state index in [1.165, 1.54) is 0 Å². The Morgan fingerprint density at radius 1 is 1.42 bits per heavy atom. The molecule has 2 unspecified atom stereocenters. The molecule has 1 nitrogen and oxygen atoms in total. The second-order valence-electron chi connectivity index (χ2n) is 5.06. The van der Waals surface area contributed by atoms with Gasteiger partial charge in [-0.1, -0.05) is 33.5 Å². The zero-order valence-electron chi connectivity index (χ0n) is 8.65. The lowest BCUT2D eigenvalue weighted by Crippen LogP contribution is -2.46. The molecule has 0 radical (unpaired) electrons. The lowest BCUT2D eigenvalue weighted by molar-refractivity contribution is 0.326. The summed E-state index contributed by atoms with van der Waals surface area (Å²) in [4.78, 5) is 0. The number of rotatable bonds is 3. The van der Waals surface area contributed by atoms with E-state index >= 15 is 0 Å². The highest BCUT2D eigenvalue weighted by molar-refractivity contribution is 6.80. The number of epoxide rings is 1. The van der Waals surface area contributed by atoms with Crippen molar-refractivity contribution in [3.63, 3.8) is 0 Å². The number of halogens is 1. The van der Waals surface area contributed by atoms with E-state index < -0.39 is 8.07 Å². The first-order chi connectivity index (χ1) is 5.35. The van der Waals surface area contributed by atoms with Gasteiger partial charge in [0.05, 0.1) is 25.3 Å². The summed E-state index contributed by atoms with van der Waals surface area (Å²) in [5.74, 6) is 1.28. The minimum absolute atomic E-state index is 0.0721. The first-order valence-electron chi connectivity index (χ1n) is 4.59. The lowest BCUT2D eigenvalue weighted by atomic mass is 10.1. The monoisotopic (exact) mass is 206 g/mol. The van der Waals surface area contributed by atoms with Crippen molar-refractivity contribution in [2.24, 2.45) is 5.92 Å². The molecule has 1 fully saturated rings. The van der Waals surface area contributed by atoms with E-state index in [9.17, 15) is 0 Å². The third-order valence-electron chi connectivity index (χ3n) is 2.81. The van der Waals surface area contributed by atoms with Crippen molar-refractivity contribution in [2.45, 2.75) is 44.8 Å². The van der Waals surface area contributed by atoms with Crippen molar-refractivity contribution < 1.29 is 4.74 Å². The Morgan fingerprint density at radius 3 is 2.00 bits per heavy atom. The smallest absolute Gasteiger partial charge is 0.0973 e. The maximum Gasteiger partial charge on any atom is 0.0973 e.